The number of imidazole rings is 1. The lowest BCUT2D eigenvalue weighted by Gasteiger charge is -2.25. The highest BCUT2D eigenvalue weighted by Crippen LogP contribution is 2.13. The molecule has 2 atom stereocenters. The molecule has 0 aliphatic carbocycles. The van der Waals surface area contributed by atoms with E-state index in [0.29, 0.717) is 6.54 Å². The molecule has 0 saturated carbocycles. The summed E-state index contributed by atoms with van der Waals surface area (Å²) in [6.07, 6.45) is -0.591. The summed E-state index contributed by atoms with van der Waals surface area (Å²) in [5, 5.41) is 26.2. The van der Waals surface area contributed by atoms with Crippen LogP contribution >= 0.6 is 0 Å². The van der Waals surface area contributed by atoms with E-state index in [1.54, 1.807) is 0 Å². The lowest BCUT2D eigenvalue weighted by atomic mass is 10.00. The van der Waals surface area contributed by atoms with E-state index in [1.807, 2.05) is 18.2 Å². The van der Waals surface area contributed by atoms with Crippen LogP contribution in [-0.4, -0.2) is 44.8 Å². The Bertz CT molecular complexity index is 1160. The second-order valence-electron chi connectivity index (χ2n) is 8.11. The maximum atomic E-state index is 13.7. The lowest BCUT2D eigenvalue weighted by molar-refractivity contribution is -0.122. The van der Waals surface area contributed by atoms with Crippen molar-refractivity contribution in [1.29, 1.82) is 0 Å². The first-order valence-electron chi connectivity index (χ1n) is 10.9. The van der Waals surface area contributed by atoms with Crippen LogP contribution in [0.3, 0.4) is 0 Å². The quantitative estimate of drug-likeness (QED) is 0.252. The van der Waals surface area contributed by atoms with E-state index in [2.05, 4.69) is 33.6 Å². The van der Waals surface area contributed by atoms with E-state index in [1.165, 1.54) is 5.56 Å². The number of hydrogen-bond acceptors (Lipinski definition) is 5. The third-order valence-electron chi connectivity index (χ3n) is 5.39. The van der Waals surface area contributed by atoms with Gasteiger partial charge in [0.2, 0.25) is 11.8 Å². The molecule has 6 N–H and O–H groups in total. The predicted octanol–water partition coefficient (Wildman–Crippen LogP) is 1.67. The summed E-state index contributed by atoms with van der Waals surface area (Å²) in [5.74, 6) is -2.58. The van der Waals surface area contributed by atoms with Crippen molar-refractivity contribution in [1.82, 2.24) is 20.6 Å². The van der Waals surface area contributed by atoms with Gasteiger partial charge in [-0.25, -0.2) is 13.6 Å². The van der Waals surface area contributed by atoms with Gasteiger partial charge in [-0.05, 0) is 41.7 Å². The Morgan fingerprint density at radius 3 is 2.41 bits per heavy atom. The zero-order chi connectivity index (χ0) is 24.7. The number of aromatic nitrogens is 2. The second kappa shape index (κ2) is 11.6. The van der Waals surface area contributed by atoms with Crippen molar-refractivity contribution in [3.05, 3.63) is 87.0 Å². The minimum Gasteiger partial charge on any atom is -0.493 e. The van der Waals surface area contributed by atoms with Crippen LogP contribution in [0.5, 0.6) is 5.88 Å². The van der Waals surface area contributed by atoms with Gasteiger partial charge >= 0.3 is 5.69 Å². The van der Waals surface area contributed by atoms with E-state index < -0.39 is 41.3 Å². The molecule has 34 heavy (non-hydrogen) atoms. The van der Waals surface area contributed by atoms with Crippen LogP contribution in [-0.2, 0) is 30.6 Å². The lowest BCUT2D eigenvalue weighted by Crippen LogP contribution is -2.49. The molecule has 182 valence electrons. The summed E-state index contributed by atoms with van der Waals surface area (Å²) in [5.41, 5.74) is 1.80. The Morgan fingerprint density at radius 2 is 1.76 bits per heavy atom. The normalized spacial score (nSPS) is 12.9. The van der Waals surface area contributed by atoms with Gasteiger partial charge in [-0.3, -0.25) is 9.78 Å². The average molecular weight is 475 g/mol. The van der Waals surface area contributed by atoms with Crippen molar-refractivity contribution >= 4 is 5.91 Å². The number of rotatable bonds is 11. The molecule has 3 rings (SSSR count). The summed E-state index contributed by atoms with van der Waals surface area (Å²) in [6.45, 7) is 2.64. The Labute approximate surface area is 195 Å². The van der Waals surface area contributed by atoms with E-state index in [-0.39, 0.29) is 30.6 Å². The smallest absolute Gasteiger partial charge is 0.325 e. The fourth-order valence-electron chi connectivity index (χ4n) is 3.69. The van der Waals surface area contributed by atoms with Crippen molar-refractivity contribution in [2.24, 2.45) is 0 Å². The SMILES string of the molecule is CCc1cccc(CNC[C@@H](O)[C@H](Cc2cc(F)cc(F)c2)NC(=O)Cc2[nH]c(=O)[nH]c2O)c1. The van der Waals surface area contributed by atoms with Gasteiger partial charge in [-0.15, -0.1) is 0 Å². The van der Waals surface area contributed by atoms with Gasteiger partial charge in [-0.1, -0.05) is 31.2 Å². The van der Waals surface area contributed by atoms with Crippen molar-refractivity contribution in [3.63, 3.8) is 0 Å². The van der Waals surface area contributed by atoms with Gasteiger partial charge in [-0.2, -0.15) is 0 Å². The molecule has 3 aromatic rings. The summed E-state index contributed by atoms with van der Waals surface area (Å²) >= 11 is 0. The zero-order valence-corrected chi connectivity index (χ0v) is 18.7. The number of hydrogen-bond donors (Lipinski definition) is 6. The molecular formula is C24H28F2N4O4. The number of halogens is 2. The average Bonchev–Trinajstić information content (AvgIpc) is 3.09. The van der Waals surface area contributed by atoms with Crippen LogP contribution in [0.15, 0.2) is 47.3 Å². The third-order valence-corrected chi connectivity index (χ3v) is 5.39. The number of aryl methyl sites for hydroxylation is 1. The minimum atomic E-state index is -1.09. The molecule has 8 nitrogen and oxygen atoms in total. The number of amides is 1. The van der Waals surface area contributed by atoms with Gasteiger partial charge < -0.3 is 25.8 Å². The summed E-state index contributed by atoms with van der Waals surface area (Å²) < 4.78 is 27.3. The van der Waals surface area contributed by atoms with Crippen LogP contribution in [0.2, 0.25) is 0 Å². The highest BCUT2D eigenvalue weighted by molar-refractivity contribution is 5.79. The highest BCUT2D eigenvalue weighted by Gasteiger charge is 2.23. The van der Waals surface area contributed by atoms with Gasteiger partial charge in [0.15, 0.2) is 0 Å². The minimum absolute atomic E-state index is 0.0125. The Hall–Kier alpha value is -3.50. The van der Waals surface area contributed by atoms with Crippen molar-refractivity contribution in [2.75, 3.05) is 6.54 Å². The fraction of sp³-hybridized carbons (Fsp3) is 0.333. The monoisotopic (exact) mass is 474 g/mol. The number of aromatic hydroxyl groups is 1. The van der Waals surface area contributed by atoms with Crippen molar-refractivity contribution < 1.29 is 23.8 Å². The predicted molar refractivity (Wildman–Crippen MR) is 122 cm³/mol. The molecule has 1 amide bonds. The van der Waals surface area contributed by atoms with Gasteiger partial charge in [0.05, 0.1) is 24.3 Å². The first-order chi connectivity index (χ1) is 16.2. The molecule has 0 saturated heterocycles. The molecule has 0 unspecified atom stereocenters. The number of benzene rings is 2. The van der Waals surface area contributed by atoms with Gasteiger partial charge in [0, 0.05) is 19.2 Å². The second-order valence-corrected chi connectivity index (χ2v) is 8.11. The molecule has 1 heterocycles. The molecule has 1 aromatic heterocycles. The topological polar surface area (TPSA) is 130 Å². The molecule has 10 heteroatoms. The van der Waals surface area contributed by atoms with Crippen molar-refractivity contribution in [2.45, 2.75) is 44.9 Å². The number of aliphatic hydroxyl groups is 1. The standard InChI is InChI=1S/C24H28F2N4O4/c1-2-14-4-3-5-15(6-14)12-27-13-21(31)19(9-16-7-17(25)10-18(26)8-16)28-22(32)11-20-23(33)30-24(34)29-20/h3-8,10,19,21,27,31,33H,2,9,11-13H2,1H3,(H,28,32)(H2,29,30,34)/t19-,21+/m0/s1. The van der Waals surface area contributed by atoms with E-state index in [0.717, 1.165) is 30.2 Å². The largest absolute Gasteiger partial charge is 0.493 e. The summed E-state index contributed by atoms with van der Waals surface area (Å²) in [6, 6.07) is 10.1. The Kier molecular flexibility index (Phi) is 8.55. The zero-order valence-electron chi connectivity index (χ0n) is 18.7. The summed E-state index contributed by atoms with van der Waals surface area (Å²) in [4.78, 5) is 28.2. The molecule has 0 fully saturated rings. The van der Waals surface area contributed by atoms with Gasteiger partial charge in [0.1, 0.15) is 11.6 Å². The Balaban J connectivity index is 1.68. The number of aromatic amines is 2. The number of carbonyl (C=O) groups excluding carboxylic acids is 1. The molecule has 0 aliphatic heterocycles. The molecule has 0 bridgehead atoms. The van der Waals surface area contributed by atoms with Crippen molar-refractivity contribution in [3.8, 4) is 5.88 Å². The fourth-order valence-corrected chi connectivity index (χ4v) is 3.69. The summed E-state index contributed by atoms with van der Waals surface area (Å²) in [7, 11) is 0. The van der Waals surface area contributed by atoms with Crippen LogP contribution in [0.25, 0.3) is 0 Å². The van der Waals surface area contributed by atoms with Gasteiger partial charge in [0.25, 0.3) is 0 Å². The van der Waals surface area contributed by atoms with E-state index >= 15 is 0 Å². The van der Waals surface area contributed by atoms with Crippen LogP contribution in [0.4, 0.5) is 8.78 Å². The van der Waals surface area contributed by atoms with E-state index in [4.69, 9.17) is 0 Å². The maximum absolute atomic E-state index is 13.7. The van der Waals surface area contributed by atoms with Crippen LogP contribution < -0.4 is 16.3 Å². The molecule has 0 aliphatic rings. The highest BCUT2D eigenvalue weighted by atomic mass is 19.1. The molecular weight excluding hydrogens is 446 g/mol. The molecule has 0 radical (unpaired) electrons. The molecule has 2 aromatic carbocycles. The third kappa shape index (κ3) is 7.26. The number of nitrogens with one attached hydrogen (secondary N) is 4. The molecule has 0 spiro atoms. The number of aliphatic hydroxyl groups excluding tert-OH is 1. The Morgan fingerprint density at radius 1 is 1.06 bits per heavy atom. The van der Waals surface area contributed by atoms with Crippen LogP contribution in [0.1, 0.15) is 29.3 Å². The van der Waals surface area contributed by atoms with E-state index in [9.17, 15) is 28.6 Å². The number of carbonyl (C=O) groups is 1. The maximum Gasteiger partial charge on any atom is 0.325 e. The first-order valence-corrected chi connectivity index (χ1v) is 10.9. The number of H-pyrrole nitrogens is 2. The first kappa shape index (κ1) is 25.1. The van der Waals surface area contributed by atoms with Crippen LogP contribution in [0, 0.1) is 11.6 Å².